The number of halogens is 4. The number of rotatable bonds is 4. The van der Waals surface area contributed by atoms with Gasteiger partial charge in [0.2, 0.25) is 11.3 Å². The highest BCUT2D eigenvalue weighted by Gasteiger charge is 2.30. The molecule has 7 nitrogen and oxygen atoms in total. The summed E-state index contributed by atoms with van der Waals surface area (Å²) in [6, 6.07) is 11.6. The minimum Gasteiger partial charge on any atom is -0.337 e. The summed E-state index contributed by atoms with van der Waals surface area (Å²) >= 11 is 6.15. The van der Waals surface area contributed by atoms with Gasteiger partial charge in [0.1, 0.15) is 0 Å². The van der Waals surface area contributed by atoms with Crippen molar-refractivity contribution in [2.24, 2.45) is 0 Å². The second-order valence-corrected chi connectivity index (χ2v) is 6.05. The van der Waals surface area contributed by atoms with Gasteiger partial charge in [0, 0.05) is 5.69 Å². The predicted molar refractivity (Wildman–Crippen MR) is 96.9 cm³/mol. The Kier molecular flexibility index (Phi) is 4.47. The van der Waals surface area contributed by atoms with Crippen LogP contribution in [0.4, 0.5) is 36.2 Å². The fourth-order valence-corrected chi connectivity index (χ4v) is 2.60. The van der Waals surface area contributed by atoms with Crippen LogP contribution in [0.15, 0.2) is 53.2 Å². The molecule has 0 amide bonds. The molecule has 4 aromatic rings. The maximum atomic E-state index is 13.0. The maximum Gasteiger partial charge on any atom is 0.416 e. The first-order valence-corrected chi connectivity index (χ1v) is 8.24. The van der Waals surface area contributed by atoms with E-state index < -0.39 is 11.7 Å². The van der Waals surface area contributed by atoms with Gasteiger partial charge in [0.25, 0.3) is 0 Å². The molecule has 2 aromatic heterocycles. The zero-order valence-electron chi connectivity index (χ0n) is 13.8. The molecule has 0 saturated carbocycles. The lowest BCUT2D eigenvalue weighted by Crippen LogP contribution is -2.07. The second-order valence-electron chi connectivity index (χ2n) is 5.64. The molecule has 0 radical (unpaired) electrons. The van der Waals surface area contributed by atoms with E-state index in [0.29, 0.717) is 10.7 Å². The van der Waals surface area contributed by atoms with Crippen molar-refractivity contribution < 1.29 is 17.8 Å². The van der Waals surface area contributed by atoms with E-state index in [9.17, 15) is 13.2 Å². The molecule has 0 aliphatic carbocycles. The molecule has 2 heterocycles. The lowest BCUT2D eigenvalue weighted by Gasteiger charge is -2.14. The number of aromatic nitrogens is 4. The smallest absolute Gasteiger partial charge is 0.337 e. The summed E-state index contributed by atoms with van der Waals surface area (Å²) in [5.74, 6) is 0.316. The molecule has 0 atom stereocenters. The van der Waals surface area contributed by atoms with Crippen LogP contribution in [0.3, 0.4) is 0 Å². The monoisotopic (exact) mass is 406 g/mol. The van der Waals surface area contributed by atoms with E-state index in [1.807, 2.05) is 0 Å². The Bertz CT molecular complexity index is 1150. The van der Waals surface area contributed by atoms with Crippen molar-refractivity contribution in [2.45, 2.75) is 6.18 Å². The van der Waals surface area contributed by atoms with Crippen molar-refractivity contribution in [3.8, 4) is 0 Å². The summed E-state index contributed by atoms with van der Waals surface area (Å²) in [7, 11) is 0. The quantitative estimate of drug-likeness (QED) is 0.483. The normalized spacial score (nSPS) is 11.6. The Labute approximate surface area is 160 Å². The molecule has 0 unspecified atom stereocenters. The molecule has 0 aliphatic heterocycles. The van der Waals surface area contributed by atoms with Gasteiger partial charge in [0.05, 0.1) is 16.3 Å². The Morgan fingerprint density at radius 3 is 2.21 bits per heavy atom. The SMILES string of the molecule is FC(F)(F)c1cccc(Nc2nc3nonc3nc2Nc2ccccc2Cl)c1. The highest BCUT2D eigenvalue weighted by Crippen LogP contribution is 2.33. The number of hydrogen-bond acceptors (Lipinski definition) is 7. The number of nitrogens with one attached hydrogen (secondary N) is 2. The van der Waals surface area contributed by atoms with E-state index in [0.717, 1.165) is 12.1 Å². The third kappa shape index (κ3) is 3.67. The zero-order valence-corrected chi connectivity index (χ0v) is 14.6. The first-order chi connectivity index (χ1) is 13.4. The van der Waals surface area contributed by atoms with Gasteiger partial charge in [-0.1, -0.05) is 29.8 Å². The van der Waals surface area contributed by atoms with Crippen LogP contribution in [0.5, 0.6) is 0 Å². The fraction of sp³-hybridized carbons (Fsp3) is 0.0588. The van der Waals surface area contributed by atoms with Crippen LogP contribution < -0.4 is 10.6 Å². The molecule has 0 spiro atoms. The number of anilines is 4. The van der Waals surface area contributed by atoms with Gasteiger partial charge in [-0.05, 0) is 40.6 Å². The summed E-state index contributed by atoms with van der Waals surface area (Å²) in [6.45, 7) is 0. The van der Waals surface area contributed by atoms with Gasteiger partial charge in [-0.15, -0.1) is 0 Å². The van der Waals surface area contributed by atoms with E-state index in [1.165, 1.54) is 12.1 Å². The van der Waals surface area contributed by atoms with E-state index in [2.05, 4.69) is 35.5 Å². The standard InChI is InChI=1S/C17H10ClF3N6O/c18-11-6-1-2-7-12(11)23-14-13(24-15-16(25-14)27-28-26-15)22-10-5-3-4-9(8-10)17(19,20)21/h1-8H,(H,22,24,26)(H,23,25,27). The minimum atomic E-state index is -4.47. The first-order valence-electron chi connectivity index (χ1n) is 7.86. The largest absolute Gasteiger partial charge is 0.416 e. The van der Waals surface area contributed by atoms with Crippen molar-refractivity contribution in [1.29, 1.82) is 0 Å². The minimum absolute atomic E-state index is 0.0965. The number of alkyl halides is 3. The second kappa shape index (κ2) is 6.97. The number of hydrogen-bond donors (Lipinski definition) is 2. The highest BCUT2D eigenvalue weighted by molar-refractivity contribution is 6.33. The molecular formula is C17H10ClF3N6O. The van der Waals surface area contributed by atoms with Crippen molar-refractivity contribution in [2.75, 3.05) is 10.6 Å². The molecule has 142 valence electrons. The fourth-order valence-electron chi connectivity index (χ4n) is 2.41. The summed E-state index contributed by atoms with van der Waals surface area (Å²) < 4.78 is 43.5. The molecule has 28 heavy (non-hydrogen) atoms. The van der Waals surface area contributed by atoms with Gasteiger partial charge < -0.3 is 10.6 Å². The summed E-state index contributed by atoms with van der Waals surface area (Å²) in [4.78, 5) is 8.47. The van der Waals surface area contributed by atoms with Crippen molar-refractivity contribution in [3.05, 3.63) is 59.1 Å². The lowest BCUT2D eigenvalue weighted by atomic mass is 10.2. The van der Waals surface area contributed by atoms with Gasteiger partial charge in [-0.3, -0.25) is 0 Å². The summed E-state index contributed by atoms with van der Waals surface area (Å²) in [6.07, 6.45) is -4.47. The van der Waals surface area contributed by atoms with Crippen LogP contribution in [-0.2, 0) is 6.18 Å². The Balaban J connectivity index is 1.74. The molecule has 0 fully saturated rings. The third-order valence-corrected chi connectivity index (χ3v) is 4.02. The number of nitrogens with zero attached hydrogens (tertiary/aromatic N) is 4. The Morgan fingerprint density at radius 2 is 1.54 bits per heavy atom. The van der Waals surface area contributed by atoms with Gasteiger partial charge in [-0.25, -0.2) is 14.6 Å². The molecule has 2 aromatic carbocycles. The van der Waals surface area contributed by atoms with E-state index >= 15 is 0 Å². The van der Waals surface area contributed by atoms with Crippen LogP contribution in [0, 0.1) is 0 Å². The highest BCUT2D eigenvalue weighted by atomic mass is 35.5. The molecule has 0 saturated heterocycles. The van der Waals surface area contributed by atoms with E-state index in [1.54, 1.807) is 24.3 Å². The summed E-state index contributed by atoms with van der Waals surface area (Å²) in [5, 5.41) is 13.5. The molecule has 2 N–H and O–H groups in total. The lowest BCUT2D eigenvalue weighted by molar-refractivity contribution is -0.137. The first kappa shape index (κ1) is 18.0. The van der Waals surface area contributed by atoms with Crippen molar-refractivity contribution in [3.63, 3.8) is 0 Å². The van der Waals surface area contributed by atoms with Gasteiger partial charge in [0.15, 0.2) is 11.6 Å². The topological polar surface area (TPSA) is 88.8 Å². The van der Waals surface area contributed by atoms with Crippen LogP contribution >= 0.6 is 11.6 Å². The van der Waals surface area contributed by atoms with Gasteiger partial charge in [-0.2, -0.15) is 13.2 Å². The average Bonchev–Trinajstić information content (AvgIpc) is 3.10. The van der Waals surface area contributed by atoms with Gasteiger partial charge >= 0.3 is 6.18 Å². The maximum absolute atomic E-state index is 13.0. The molecule has 4 rings (SSSR count). The van der Waals surface area contributed by atoms with Crippen LogP contribution in [0.25, 0.3) is 11.3 Å². The van der Waals surface area contributed by atoms with E-state index in [-0.39, 0.29) is 28.6 Å². The Hall–Kier alpha value is -3.40. The van der Waals surface area contributed by atoms with Crippen LogP contribution in [-0.4, -0.2) is 20.3 Å². The number of para-hydroxylation sites is 1. The van der Waals surface area contributed by atoms with Crippen LogP contribution in [0.1, 0.15) is 5.56 Å². The number of fused-ring (bicyclic) bond motifs is 1. The average molecular weight is 407 g/mol. The molecule has 0 aliphatic rings. The van der Waals surface area contributed by atoms with Crippen LogP contribution in [0.2, 0.25) is 5.02 Å². The summed E-state index contributed by atoms with van der Waals surface area (Å²) in [5.41, 5.74) is 0.127. The predicted octanol–water partition coefficient (Wildman–Crippen LogP) is 5.17. The molecular weight excluding hydrogens is 397 g/mol. The molecule has 11 heteroatoms. The zero-order chi connectivity index (χ0) is 19.7. The van der Waals surface area contributed by atoms with Crippen molar-refractivity contribution in [1.82, 2.24) is 20.3 Å². The number of benzene rings is 2. The van der Waals surface area contributed by atoms with Crippen molar-refractivity contribution >= 4 is 45.9 Å². The van der Waals surface area contributed by atoms with E-state index in [4.69, 9.17) is 11.6 Å². The third-order valence-electron chi connectivity index (χ3n) is 3.69. The molecule has 0 bridgehead atoms. The Morgan fingerprint density at radius 1 is 0.857 bits per heavy atom.